The molecule has 0 unspecified atom stereocenters. The number of furan rings is 1. The lowest BCUT2D eigenvalue weighted by molar-refractivity contribution is -0.122. The highest BCUT2D eigenvalue weighted by molar-refractivity contribution is 8.18. The van der Waals surface area contributed by atoms with Crippen molar-refractivity contribution in [3.8, 4) is 11.3 Å². The van der Waals surface area contributed by atoms with Crippen LogP contribution in [0.3, 0.4) is 0 Å². The highest BCUT2D eigenvalue weighted by Crippen LogP contribution is 2.33. The van der Waals surface area contributed by atoms with E-state index < -0.39 is 5.97 Å². The largest absolute Gasteiger partial charge is 0.478 e. The van der Waals surface area contributed by atoms with Crippen LogP contribution in [0, 0.1) is 0 Å². The summed E-state index contributed by atoms with van der Waals surface area (Å²) in [6, 6.07) is 10.1. The van der Waals surface area contributed by atoms with Gasteiger partial charge in [-0.2, -0.15) is 0 Å². The van der Waals surface area contributed by atoms with E-state index in [4.69, 9.17) is 4.42 Å². The number of nitrogens with zero attached hydrogens (tertiary/aromatic N) is 2. The molecule has 0 saturated carbocycles. The van der Waals surface area contributed by atoms with Gasteiger partial charge in [-0.25, -0.2) is 4.79 Å². The van der Waals surface area contributed by atoms with Gasteiger partial charge in [0, 0.05) is 24.7 Å². The first-order chi connectivity index (χ1) is 12.5. The monoisotopic (exact) mass is 370 g/mol. The second-order valence-electron chi connectivity index (χ2n) is 5.47. The zero-order valence-electron chi connectivity index (χ0n) is 14.4. The zero-order chi connectivity index (χ0) is 18.7. The summed E-state index contributed by atoms with van der Waals surface area (Å²) in [4.78, 5) is 30.4. The normalized spacial score (nSPS) is 17.5. The number of benzene rings is 1. The summed E-state index contributed by atoms with van der Waals surface area (Å²) in [5.41, 5.74) is 0.667. The molecule has 0 bridgehead atoms. The summed E-state index contributed by atoms with van der Waals surface area (Å²) in [5, 5.41) is 10.0. The van der Waals surface area contributed by atoms with Gasteiger partial charge in [0.05, 0.1) is 10.5 Å². The van der Waals surface area contributed by atoms with E-state index in [2.05, 4.69) is 4.99 Å². The molecular weight excluding hydrogens is 352 g/mol. The number of carbonyl (C=O) groups excluding carboxylic acids is 1. The molecule has 2 aromatic rings. The molecule has 0 spiro atoms. The SMILES string of the molecule is CCN=C1SC(=Cc2ccc(-c3ccccc3C(=O)O)o2)C(=O)N1CC. The van der Waals surface area contributed by atoms with Crippen molar-refractivity contribution in [3.63, 3.8) is 0 Å². The van der Waals surface area contributed by atoms with Crippen LogP contribution in [-0.2, 0) is 4.79 Å². The fraction of sp³-hybridized carbons (Fsp3) is 0.211. The minimum atomic E-state index is -1.02. The third-order valence-corrected chi connectivity index (χ3v) is 4.87. The van der Waals surface area contributed by atoms with Gasteiger partial charge < -0.3 is 9.52 Å². The zero-order valence-corrected chi connectivity index (χ0v) is 15.2. The third kappa shape index (κ3) is 3.43. The molecule has 6 nitrogen and oxygen atoms in total. The molecule has 1 fully saturated rings. The Morgan fingerprint density at radius 2 is 2.04 bits per heavy atom. The van der Waals surface area contributed by atoms with Crippen molar-refractivity contribution in [2.45, 2.75) is 13.8 Å². The van der Waals surface area contributed by atoms with Gasteiger partial charge in [0.1, 0.15) is 11.5 Å². The van der Waals surface area contributed by atoms with Crippen molar-refractivity contribution >= 4 is 34.9 Å². The van der Waals surface area contributed by atoms with E-state index in [-0.39, 0.29) is 11.5 Å². The van der Waals surface area contributed by atoms with Crippen LogP contribution < -0.4 is 0 Å². The Morgan fingerprint density at radius 1 is 1.27 bits per heavy atom. The molecule has 1 amide bonds. The van der Waals surface area contributed by atoms with Gasteiger partial charge in [-0.3, -0.25) is 14.7 Å². The molecule has 1 N–H and O–H groups in total. The fourth-order valence-electron chi connectivity index (χ4n) is 2.63. The second-order valence-corrected chi connectivity index (χ2v) is 6.48. The van der Waals surface area contributed by atoms with Crippen molar-refractivity contribution in [2.24, 2.45) is 4.99 Å². The lowest BCUT2D eigenvalue weighted by Crippen LogP contribution is -2.28. The number of thioether (sulfide) groups is 1. The number of amides is 1. The maximum Gasteiger partial charge on any atom is 0.336 e. The number of carboxylic acids is 1. The first kappa shape index (κ1) is 18.0. The van der Waals surface area contributed by atoms with Gasteiger partial charge in [-0.05, 0) is 43.8 Å². The number of carboxylic acid groups (broad SMARTS) is 1. The number of hydrogen-bond acceptors (Lipinski definition) is 5. The molecule has 26 heavy (non-hydrogen) atoms. The predicted molar refractivity (Wildman–Crippen MR) is 102 cm³/mol. The van der Waals surface area contributed by atoms with Crippen molar-refractivity contribution in [1.82, 2.24) is 4.90 Å². The molecule has 0 radical (unpaired) electrons. The fourth-order valence-corrected chi connectivity index (χ4v) is 3.71. The van der Waals surface area contributed by atoms with Crippen LogP contribution in [0.15, 0.2) is 50.7 Å². The van der Waals surface area contributed by atoms with Crippen molar-refractivity contribution in [2.75, 3.05) is 13.1 Å². The van der Waals surface area contributed by atoms with E-state index in [1.54, 1.807) is 41.3 Å². The molecule has 1 aliphatic heterocycles. The van der Waals surface area contributed by atoms with Crippen LogP contribution in [0.4, 0.5) is 0 Å². The topological polar surface area (TPSA) is 83.1 Å². The Hall–Kier alpha value is -2.80. The minimum Gasteiger partial charge on any atom is -0.478 e. The third-order valence-electron chi connectivity index (χ3n) is 3.82. The molecule has 0 atom stereocenters. The van der Waals surface area contributed by atoms with Crippen LogP contribution in [0.1, 0.15) is 30.0 Å². The van der Waals surface area contributed by atoms with Crippen molar-refractivity contribution in [1.29, 1.82) is 0 Å². The van der Waals surface area contributed by atoms with Gasteiger partial charge in [0.2, 0.25) is 0 Å². The van der Waals surface area contributed by atoms with Gasteiger partial charge in [0.15, 0.2) is 5.17 Å². The van der Waals surface area contributed by atoms with E-state index in [0.717, 1.165) is 0 Å². The first-order valence-electron chi connectivity index (χ1n) is 8.23. The number of hydrogen-bond donors (Lipinski definition) is 1. The Balaban J connectivity index is 1.92. The number of likely N-dealkylation sites (N-methyl/N-ethyl adjacent to an activating group) is 1. The lowest BCUT2D eigenvalue weighted by Gasteiger charge is -2.11. The molecule has 1 aromatic heterocycles. The summed E-state index contributed by atoms with van der Waals surface area (Å²) >= 11 is 1.32. The summed E-state index contributed by atoms with van der Waals surface area (Å²) in [7, 11) is 0. The highest BCUT2D eigenvalue weighted by Gasteiger charge is 2.32. The Labute approximate surface area is 155 Å². The predicted octanol–water partition coefficient (Wildman–Crippen LogP) is 3.96. The molecule has 7 heteroatoms. The second kappa shape index (κ2) is 7.61. The summed E-state index contributed by atoms with van der Waals surface area (Å²) in [6.45, 7) is 4.99. The molecule has 1 aliphatic rings. The first-order valence-corrected chi connectivity index (χ1v) is 9.05. The number of aromatic carboxylic acids is 1. The molecule has 1 saturated heterocycles. The van der Waals surface area contributed by atoms with Gasteiger partial charge >= 0.3 is 5.97 Å². The van der Waals surface area contributed by atoms with Crippen LogP contribution in [0.25, 0.3) is 17.4 Å². The minimum absolute atomic E-state index is 0.103. The van der Waals surface area contributed by atoms with Crippen molar-refractivity contribution < 1.29 is 19.1 Å². The quantitative estimate of drug-likeness (QED) is 0.806. The Kier molecular flexibility index (Phi) is 5.27. The van der Waals surface area contributed by atoms with E-state index >= 15 is 0 Å². The van der Waals surface area contributed by atoms with Gasteiger partial charge in [0.25, 0.3) is 5.91 Å². The number of amidine groups is 1. The summed E-state index contributed by atoms with van der Waals surface area (Å²) in [5.74, 6) is -0.184. The average molecular weight is 370 g/mol. The number of aliphatic imine (C=N–C) groups is 1. The standard InChI is InChI=1S/C19H18N2O4S/c1-3-20-19-21(4-2)17(22)16(26-19)11-12-9-10-15(25-12)13-7-5-6-8-14(13)18(23)24/h5-11H,3-4H2,1-2H3,(H,23,24). The number of rotatable bonds is 5. The van der Waals surface area contributed by atoms with Crippen LogP contribution in [-0.4, -0.2) is 40.1 Å². The average Bonchev–Trinajstić information content (AvgIpc) is 3.21. The Bertz CT molecular complexity index is 914. The van der Waals surface area contributed by atoms with E-state index in [9.17, 15) is 14.7 Å². The molecule has 0 aliphatic carbocycles. The van der Waals surface area contributed by atoms with E-state index in [1.807, 2.05) is 13.8 Å². The highest BCUT2D eigenvalue weighted by atomic mass is 32.2. The maximum absolute atomic E-state index is 12.5. The van der Waals surface area contributed by atoms with E-state index in [0.29, 0.717) is 40.2 Å². The van der Waals surface area contributed by atoms with Crippen molar-refractivity contribution in [3.05, 3.63) is 52.6 Å². The number of carbonyl (C=O) groups is 2. The van der Waals surface area contributed by atoms with Gasteiger partial charge in [-0.1, -0.05) is 18.2 Å². The van der Waals surface area contributed by atoms with Gasteiger partial charge in [-0.15, -0.1) is 0 Å². The maximum atomic E-state index is 12.5. The van der Waals surface area contributed by atoms with E-state index in [1.165, 1.54) is 17.8 Å². The molecular formula is C19H18N2O4S. The smallest absolute Gasteiger partial charge is 0.336 e. The van der Waals surface area contributed by atoms with Crippen LogP contribution >= 0.6 is 11.8 Å². The molecule has 3 rings (SSSR count). The Morgan fingerprint density at radius 3 is 2.73 bits per heavy atom. The molecule has 134 valence electrons. The summed E-state index contributed by atoms with van der Waals surface area (Å²) in [6.07, 6.45) is 1.67. The lowest BCUT2D eigenvalue weighted by atomic mass is 10.1. The van der Waals surface area contributed by atoms with Crippen LogP contribution in [0.5, 0.6) is 0 Å². The molecule has 2 heterocycles. The molecule has 1 aromatic carbocycles. The summed E-state index contributed by atoms with van der Waals surface area (Å²) < 4.78 is 5.77. The van der Waals surface area contributed by atoms with Crippen LogP contribution in [0.2, 0.25) is 0 Å².